The number of likely N-dealkylation sites (N-methyl/N-ethyl adjacent to an activating group) is 1. The second-order valence-corrected chi connectivity index (χ2v) is 6.79. The first kappa shape index (κ1) is 17.3. The number of carbonyl (C=O) groups is 1. The van der Waals surface area contributed by atoms with Crippen molar-refractivity contribution in [1.82, 2.24) is 4.90 Å². The fourth-order valence-electron chi connectivity index (χ4n) is 3.23. The minimum Gasteiger partial charge on any atom is -0.397 e. The van der Waals surface area contributed by atoms with Crippen LogP contribution in [0.3, 0.4) is 0 Å². The average Bonchev–Trinajstić information content (AvgIpc) is 2.58. The molecule has 25 heavy (non-hydrogen) atoms. The lowest BCUT2D eigenvalue weighted by Crippen LogP contribution is -2.44. The van der Waals surface area contributed by atoms with Crippen LogP contribution in [0.2, 0.25) is 0 Å². The quantitative estimate of drug-likeness (QED) is 0.845. The van der Waals surface area contributed by atoms with Crippen molar-refractivity contribution in [2.75, 3.05) is 49.2 Å². The van der Waals surface area contributed by atoms with E-state index >= 15 is 0 Å². The maximum absolute atomic E-state index is 12.6. The maximum atomic E-state index is 12.6. The maximum Gasteiger partial charge on any atom is 0.255 e. The fraction of sp³-hybridized carbons (Fsp3) is 0.350. The molecule has 5 heteroatoms. The largest absolute Gasteiger partial charge is 0.397 e. The summed E-state index contributed by atoms with van der Waals surface area (Å²) in [7, 11) is 2.14. The van der Waals surface area contributed by atoms with Crippen LogP contribution in [0.15, 0.2) is 36.4 Å². The lowest BCUT2D eigenvalue weighted by atomic mass is 10.1. The molecule has 0 atom stereocenters. The highest BCUT2D eigenvalue weighted by Gasteiger charge is 2.18. The molecule has 3 rings (SSSR count). The summed E-state index contributed by atoms with van der Waals surface area (Å²) >= 11 is 0. The van der Waals surface area contributed by atoms with Crippen molar-refractivity contribution in [2.24, 2.45) is 0 Å². The second-order valence-electron chi connectivity index (χ2n) is 6.79. The molecular formula is C20H26N4O. The molecule has 1 amide bonds. The van der Waals surface area contributed by atoms with Gasteiger partial charge in [-0.25, -0.2) is 0 Å². The predicted molar refractivity (Wildman–Crippen MR) is 104 cm³/mol. The predicted octanol–water partition coefficient (Wildman–Crippen LogP) is 2.89. The third-order valence-electron chi connectivity index (χ3n) is 4.85. The van der Waals surface area contributed by atoms with Crippen molar-refractivity contribution in [1.29, 1.82) is 0 Å². The Morgan fingerprint density at radius 1 is 1.04 bits per heavy atom. The third kappa shape index (κ3) is 3.77. The van der Waals surface area contributed by atoms with E-state index in [9.17, 15) is 4.79 Å². The van der Waals surface area contributed by atoms with Gasteiger partial charge in [-0.15, -0.1) is 0 Å². The van der Waals surface area contributed by atoms with Crippen LogP contribution in [-0.2, 0) is 0 Å². The molecule has 0 aromatic heterocycles. The van der Waals surface area contributed by atoms with Gasteiger partial charge in [0, 0.05) is 37.4 Å². The summed E-state index contributed by atoms with van der Waals surface area (Å²) in [5.41, 5.74) is 11.3. The van der Waals surface area contributed by atoms with Gasteiger partial charge in [-0.05, 0) is 50.2 Å². The number of piperazine rings is 1. The number of aryl methyl sites for hydroxylation is 2. The van der Waals surface area contributed by atoms with Crippen LogP contribution < -0.4 is 16.0 Å². The molecule has 1 fully saturated rings. The number of nitrogen functional groups attached to an aromatic ring is 1. The van der Waals surface area contributed by atoms with Crippen molar-refractivity contribution in [3.05, 3.63) is 53.1 Å². The highest BCUT2D eigenvalue weighted by Crippen LogP contribution is 2.31. The van der Waals surface area contributed by atoms with E-state index in [1.807, 2.05) is 43.3 Å². The Kier molecular flexibility index (Phi) is 4.95. The lowest BCUT2D eigenvalue weighted by Gasteiger charge is -2.35. The molecule has 3 N–H and O–H groups in total. The number of hydrogen-bond donors (Lipinski definition) is 2. The van der Waals surface area contributed by atoms with E-state index in [0.29, 0.717) is 16.9 Å². The molecule has 132 valence electrons. The Morgan fingerprint density at radius 3 is 2.40 bits per heavy atom. The minimum absolute atomic E-state index is 0.127. The molecule has 0 spiro atoms. The van der Waals surface area contributed by atoms with E-state index in [0.717, 1.165) is 43.0 Å². The van der Waals surface area contributed by atoms with Gasteiger partial charge in [-0.3, -0.25) is 4.79 Å². The number of rotatable bonds is 3. The second kappa shape index (κ2) is 7.15. The summed E-state index contributed by atoms with van der Waals surface area (Å²) in [5.74, 6) is -0.127. The topological polar surface area (TPSA) is 61.6 Å². The summed E-state index contributed by atoms with van der Waals surface area (Å²) in [4.78, 5) is 17.3. The normalized spacial score (nSPS) is 15.2. The Hall–Kier alpha value is -2.53. The van der Waals surface area contributed by atoms with Gasteiger partial charge >= 0.3 is 0 Å². The van der Waals surface area contributed by atoms with Crippen LogP contribution in [0.4, 0.5) is 17.1 Å². The molecule has 1 aliphatic heterocycles. The van der Waals surface area contributed by atoms with E-state index in [1.165, 1.54) is 0 Å². The fourth-order valence-corrected chi connectivity index (χ4v) is 3.23. The molecule has 2 aromatic rings. The van der Waals surface area contributed by atoms with Crippen LogP contribution in [0.5, 0.6) is 0 Å². The van der Waals surface area contributed by atoms with E-state index in [4.69, 9.17) is 5.73 Å². The Balaban J connectivity index is 1.85. The molecule has 2 aromatic carbocycles. The summed E-state index contributed by atoms with van der Waals surface area (Å²) in [6.07, 6.45) is 0. The average molecular weight is 338 g/mol. The van der Waals surface area contributed by atoms with E-state index in [2.05, 4.69) is 29.1 Å². The molecule has 0 unspecified atom stereocenters. The van der Waals surface area contributed by atoms with Gasteiger partial charge in [0.25, 0.3) is 5.91 Å². The van der Waals surface area contributed by atoms with Crippen LogP contribution in [-0.4, -0.2) is 44.0 Å². The monoisotopic (exact) mass is 338 g/mol. The smallest absolute Gasteiger partial charge is 0.255 e. The Morgan fingerprint density at radius 2 is 1.72 bits per heavy atom. The van der Waals surface area contributed by atoms with Crippen molar-refractivity contribution in [2.45, 2.75) is 13.8 Å². The van der Waals surface area contributed by atoms with Crippen molar-refractivity contribution >= 4 is 23.0 Å². The molecule has 1 aliphatic rings. The molecule has 0 bridgehead atoms. The van der Waals surface area contributed by atoms with Gasteiger partial charge in [0.05, 0.1) is 11.4 Å². The minimum atomic E-state index is -0.127. The zero-order valence-corrected chi connectivity index (χ0v) is 15.2. The Bertz CT molecular complexity index is 779. The standard InChI is InChI=1S/C20H26N4O/c1-14-6-4-5-7-16(14)20(25)22-18-13-19(15(2)12-17(18)21)24-10-8-23(3)9-11-24/h4-7,12-13H,8-11,21H2,1-3H3,(H,22,25). The number of nitrogens with one attached hydrogen (secondary N) is 1. The number of benzene rings is 2. The van der Waals surface area contributed by atoms with Crippen molar-refractivity contribution in [3.63, 3.8) is 0 Å². The van der Waals surface area contributed by atoms with Crippen molar-refractivity contribution < 1.29 is 4.79 Å². The van der Waals surface area contributed by atoms with Crippen LogP contribution in [0, 0.1) is 13.8 Å². The van der Waals surface area contributed by atoms with Gasteiger partial charge in [0.2, 0.25) is 0 Å². The number of anilines is 3. The molecule has 0 saturated carbocycles. The van der Waals surface area contributed by atoms with Gasteiger partial charge < -0.3 is 20.9 Å². The zero-order chi connectivity index (χ0) is 18.0. The first-order valence-corrected chi connectivity index (χ1v) is 8.66. The number of hydrogen-bond acceptors (Lipinski definition) is 4. The van der Waals surface area contributed by atoms with Crippen LogP contribution >= 0.6 is 0 Å². The zero-order valence-electron chi connectivity index (χ0n) is 15.2. The van der Waals surface area contributed by atoms with Crippen LogP contribution in [0.1, 0.15) is 21.5 Å². The first-order valence-electron chi connectivity index (χ1n) is 8.66. The van der Waals surface area contributed by atoms with Gasteiger partial charge in [0.1, 0.15) is 0 Å². The number of carbonyl (C=O) groups excluding carboxylic acids is 1. The molecule has 1 heterocycles. The van der Waals surface area contributed by atoms with Gasteiger partial charge in [0.15, 0.2) is 0 Å². The first-order chi connectivity index (χ1) is 12.0. The highest BCUT2D eigenvalue weighted by molar-refractivity contribution is 6.07. The molecule has 0 radical (unpaired) electrons. The number of amides is 1. The van der Waals surface area contributed by atoms with Crippen LogP contribution in [0.25, 0.3) is 0 Å². The van der Waals surface area contributed by atoms with E-state index < -0.39 is 0 Å². The lowest BCUT2D eigenvalue weighted by molar-refractivity contribution is 0.102. The molecule has 5 nitrogen and oxygen atoms in total. The summed E-state index contributed by atoms with van der Waals surface area (Å²) in [6.45, 7) is 8.03. The molecule has 1 saturated heterocycles. The van der Waals surface area contributed by atoms with Gasteiger partial charge in [-0.1, -0.05) is 18.2 Å². The molecule has 0 aliphatic carbocycles. The van der Waals surface area contributed by atoms with Crippen molar-refractivity contribution in [3.8, 4) is 0 Å². The van der Waals surface area contributed by atoms with E-state index in [1.54, 1.807) is 0 Å². The number of nitrogens with zero attached hydrogens (tertiary/aromatic N) is 2. The third-order valence-corrected chi connectivity index (χ3v) is 4.85. The van der Waals surface area contributed by atoms with E-state index in [-0.39, 0.29) is 5.91 Å². The van der Waals surface area contributed by atoms with Gasteiger partial charge in [-0.2, -0.15) is 0 Å². The molecular weight excluding hydrogens is 312 g/mol. The summed E-state index contributed by atoms with van der Waals surface area (Å²) in [5, 5.41) is 2.98. The summed E-state index contributed by atoms with van der Waals surface area (Å²) in [6, 6.07) is 11.5. The Labute approximate surface area is 149 Å². The summed E-state index contributed by atoms with van der Waals surface area (Å²) < 4.78 is 0. The SMILES string of the molecule is Cc1ccccc1C(=O)Nc1cc(N2CCN(C)CC2)c(C)cc1N. The highest BCUT2D eigenvalue weighted by atomic mass is 16.1. The number of nitrogens with two attached hydrogens (primary N) is 1.